The second-order valence-electron chi connectivity index (χ2n) is 4.07. The molecule has 1 heterocycles. The fourth-order valence-corrected chi connectivity index (χ4v) is 3.53. The van der Waals surface area contributed by atoms with Gasteiger partial charge in [0, 0.05) is 20.6 Å². The maximum absolute atomic E-state index is 9.17. The summed E-state index contributed by atoms with van der Waals surface area (Å²) < 4.78 is 0.802. The van der Waals surface area contributed by atoms with E-state index >= 15 is 0 Å². The summed E-state index contributed by atoms with van der Waals surface area (Å²) in [6.07, 6.45) is 1.92. The molecule has 0 aliphatic heterocycles. The zero-order valence-electron chi connectivity index (χ0n) is 10.0. The van der Waals surface area contributed by atoms with Crippen LogP contribution in [-0.4, -0.2) is 5.11 Å². The third-order valence-corrected chi connectivity index (χ3v) is 5.64. The molecule has 0 saturated heterocycles. The number of aliphatic hydroxyl groups excluding tert-OH is 1. The maximum atomic E-state index is 9.17. The molecule has 0 amide bonds. The number of hydrogen-bond acceptors (Lipinski definition) is 2. The lowest BCUT2D eigenvalue weighted by molar-refractivity contribution is 0.281. The predicted octanol–water partition coefficient (Wildman–Crippen LogP) is 4.81. The van der Waals surface area contributed by atoms with Gasteiger partial charge in [-0.3, -0.25) is 0 Å². The monoisotopic (exact) mass is 344 g/mol. The highest BCUT2D eigenvalue weighted by Crippen LogP contribution is 2.32. The van der Waals surface area contributed by atoms with Gasteiger partial charge in [-0.2, -0.15) is 0 Å². The molecule has 0 saturated carbocycles. The Hall–Kier alpha value is -0.350. The molecule has 0 atom stereocenters. The lowest BCUT2D eigenvalue weighted by Crippen LogP contribution is -1.92. The van der Waals surface area contributed by atoms with Gasteiger partial charge in [0.25, 0.3) is 0 Å². The van der Waals surface area contributed by atoms with Crippen molar-refractivity contribution in [1.29, 1.82) is 0 Å². The minimum Gasteiger partial charge on any atom is -0.392 e. The second kappa shape index (κ2) is 6.20. The average Bonchev–Trinajstić information content (AvgIpc) is 2.83. The number of benzene rings is 1. The Morgan fingerprint density at radius 1 is 1.17 bits per heavy atom. The summed E-state index contributed by atoms with van der Waals surface area (Å²) in [6.45, 7) is 2.16. The van der Waals surface area contributed by atoms with Crippen molar-refractivity contribution in [3.05, 3.63) is 54.6 Å². The van der Waals surface area contributed by atoms with Crippen LogP contribution in [0, 0.1) is 0 Å². The number of rotatable bonds is 4. The Balaban J connectivity index is 2.26. The van der Waals surface area contributed by atoms with E-state index in [0.29, 0.717) is 5.02 Å². The van der Waals surface area contributed by atoms with Crippen LogP contribution in [0.3, 0.4) is 0 Å². The van der Waals surface area contributed by atoms with E-state index in [-0.39, 0.29) is 6.61 Å². The van der Waals surface area contributed by atoms with Crippen LogP contribution in [0.15, 0.2) is 28.7 Å². The van der Waals surface area contributed by atoms with Gasteiger partial charge < -0.3 is 5.11 Å². The zero-order chi connectivity index (χ0) is 13.1. The van der Waals surface area contributed by atoms with Crippen LogP contribution in [0.1, 0.15) is 27.8 Å². The van der Waals surface area contributed by atoms with Crippen molar-refractivity contribution in [2.75, 3.05) is 0 Å². The van der Waals surface area contributed by atoms with Crippen LogP contribution in [0.25, 0.3) is 0 Å². The summed E-state index contributed by atoms with van der Waals surface area (Å²) in [5, 5.41) is 9.87. The van der Waals surface area contributed by atoms with Crippen molar-refractivity contribution in [2.24, 2.45) is 0 Å². The van der Waals surface area contributed by atoms with Crippen LogP contribution in [-0.2, 0) is 19.4 Å². The van der Waals surface area contributed by atoms with Crippen molar-refractivity contribution < 1.29 is 5.11 Å². The van der Waals surface area contributed by atoms with Crippen molar-refractivity contribution in [3.8, 4) is 0 Å². The Labute approximate surface area is 125 Å². The molecule has 18 heavy (non-hydrogen) atoms. The molecule has 0 radical (unpaired) electrons. The smallest absolute Gasteiger partial charge is 0.0693 e. The molecule has 4 heteroatoms. The summed E-state index contributed by atoms with van der Waals surface area (Å²) in [5.41, 5.74) is 1.91. The summed E-state index contributed by atoms with van der Waals surface area (Å²) >= 11 is 11.6. The van der Waals surface area contributed by atoms with E-state index < -0.39 is 0 Å². The van der Waals surface area contributed by atoms with Gasteiger partial charge in [-0.1, -0.05) is 30.7 Å². The Morgan fingerprint density at radius 3 is 2.44 bits per heavy atom. The third kappa shape index (κ3) is 2.97. The summed E-state index contributed by atoms with van der Waals surface area (Å²) in [6, 6.07) is 8.24. The van der Waals surface area contributed by atoms with E-state index in [9.17, 15) is 5.11 Å². The first-order chi connectivity index (χ1) is 8.65. The topological polar surface area (TPSA) is 20.2 Å². The van der Waals surface area contributed by atoms with E-state index in [1.165, 1.54) is 9.75 Å². The molecule has 96 valence electrons. The fraction of sp³-hybridized carbons (Fsp3) is 0.286. The molecule has 0 aliphatic rings. The zero-order valence-corrected chi connectivity index (χ0v) is 13.2. The minimum atomic E-state index is -0.000428. The van der Waals surface area contributed by atoms with Crippen molar-refractivity contribution >= 4 is 38.9 Å². The SMILES string of the molecule is CCc1ccc(Cc2ccc(CO)c(Br)c2Cl)s1. The summed E-state index contributed by atoms with van der Waals surface area (Å²) in [5.74, 6) is 0. The lowest BCUT2D eigenvalue weighted by Gasteiger charge is -2.08. The van der Waals surface area contributed by atoms with Crippen molar-refractivity contribution in [2.45, 2.75) is 26.4 Å². The number of thiophene rings is 1. The normalized spacial score (nSPS) is 10.9. The number of halogens is 2. The molecule has 0 unspecified atom stereocenters. The average molecular weight is 346 g/mol. The molecule has 0 aliphatic carbocycles. The van der Waals surface area contributed by atoms with E-state index in [1.807, 2.05) is 23.5 Å². The third-order valence-electron chi connectivity index (χ3n) is 2.84. The Kier molecular flexibility index (Phi) is 4.84. The van der Waals surface area contributed by atoms with Crippen LogP contribution < -0.4 is 0 Å². The van der Waals surface area contributed by atoms with E-state index in [4.69, 9.17) is 11.6 Å². The molecule has 2 rings (SSSR count). The van der Waals surface area contributed by atoms with Crippen LogP contribution in [0.5, 0.6) is 0 Å². The highest BCUT2D eigenvalue weighted by Gasteiger charge is 2.10. The predicted molar refractivity (Wildman–Crippen MR) is 81.6 cm³/mol. The van der Waals surface area contributed by atoms with Gasteiger partial charge in [0.1, 0.15) is 0 Å². The van der Waals surface area contributed by atoms with Gasteiger partial charge in [-0.05, 0) is 45.6 Å². The number of aryl methyl sites for hydroxylation is 1. The first-order valence-electron chi connectivity index (χ1n) is 5.80. The fourth-order valence-electron chi connectivity index (χ4n) is 1.78. The molecule has 0 bridgehead atoms. The Morgan fingerprint density at radius 2 is 1.83 bits per heavy atom. The van der Waals surface area contributed by atoms with Gasteiger partial charge in [0.2, 0.25) is 0 Å². The van der Waals surface area contributed by atoms with Crippen LogP contribution >= 0.6 is 38.9 Å². The molecule has 0 fully saturated rings. The standard InChI is InChI=1S/C14H14BrClOS/c1-2-11-5-6-12(18-11)7-9-3-4-10(8-17)13(15)14(9)16/h3-6,17H,2,7-8H2,1H3. The summed E-state index contributed by atoms with van der Waals surface area (Å²) in [4.78, 5) is 2.71. The highest BCUT2D eigenvalue weighted by molar-refractivity contribution is 9.10. The van der Waals surface area contributed by atoms with Gasteiger partial charge >= 0.3 is 0 Å². The van der Waals surface area contributed by atoms with Crippen LogP contribution in [0.4, 0.5) is 0 Å². The highest BCUT2D eigenvalue weighted by atomic mass is 79.9. The lowest BCUT2D eigenvalue weighted by atomic mass is 10.1. The molecular weight excluding hydrogens is 332 g/mol. The van der Waals surface area contributed by atoms with E-state index in [2.05, 4.69) is 35.0 Å². The van der Waals surface area contributed by atoms with Gasteiger partial charge in [-0.25, -0.2) is 0 Å². The Bertz CT molecular complexity index is 551. The molecule has 1 aromatic heterocycles. The minimum absolute atomic E-state index is 0.000428. The molecule has 1 aromatic carbocycles. The number of hydrogen-bond donors (Lipinski definition) is 1. The maximum Gasteiger partial charge on any atom is 0.0693 e. The molecule has 1 nitrogen and oxygen atoms in total. The largest absolute Gasteiger partial charge is 0.392 e. The van der Waals surface area contributed by atoms with E-state index in [1.54, 1.807) is 0 Å². The van der Waals surface area contributed by atoms with Gasteiger partial charge in [-0.15, -0.1) is 11.3 Å². The van der Waals surface area contributed by atoms with E-state index in [0.717, 1.165) is 28.4 Å². The molecular formula is C14H14BrClOS. The van der Waals surface area contributed by atoms with Crippen molar-refractivity contribution in [1.82, 2.24) is 0 Å². The van der Waals surface area contributed by atoms with Crippen molar-refractivity contribution in [3.63, 3.8) is 0 Å². The summed E-state index contributed by atoms with van der Waals surface area (Å²) in [7, 11) is 0. The molecule has 0 spiro atoms. The van der Waals surface area contributed by atoms with Gasteiger partial charge in [0.05, 0.1) is 11.6 Å². The molecule has 1 N–H and O–H groups in total. The van der Waals surface area contributed by atoms with Gasteiger partial charge in [0.15, 0.2) is 0 Å². The first-order valence-corrected chi connectivity index (χ1v) is 7.78. The number of aliphatic hydroxyl groups is 1. The van der Waals surface area contributed by atoms with Crippen LogP contribution in [0.2, 0.25) is 5.02 Å². The quantitative estimate of drug-likeness (QED) is 0.843. The second-order valence-corrected chi connectivity index (χ2v) is 6.49. The first kappa shape index (κ1) is 14.1. The molecule has 2 aromatic rings.